The molecule has 0 atom stereocenters. The molecule has 0 unspecified atom stereocenters. The lowest BCUT2D eigenvalue weighted by Crippen LogP contribution is -2.45. The van der Waals surface area contributed by atoms with Crippen molar-refractivity contribution in [2.45, 2.75) is 57.6 Å². The summed E-state index contributed by atoms with van der Waals surface area (Å²) >= 11 is 0. The van der Waals surface area contributed by atoms with E-state index in [2.05, 4.69) is 4.74 Å². The Morgan fingerprint density at radius 3 is 2.05 bits per heavy atom. The number of piperidine rings is 2. The van der Waals surface area contributed by atoms with Crippen molar-refractivity contribution in [3.8, 4) is 11.5 Å². The second kappa shape index (κ2) is 12.5. The van der Waals surface area contributed by atoms with Crippen LogP contribution in [-0.4, -0.2) is 73.0 Å². The average molecular weight is 535 g/mol. The fourth-order valence-corrected chi connectivity index (χ4v) is 4.87. The first kappa shape index (κ1) is 27.8. The van der Waals surface area contributed by atoms with Crippen LogP contribution in [0.4, 0.5) is 13.2 Å². The van der Waals surface area contributed by atoms with Crippen LogP contribution >= 0.6 is 0 Å². The molecule has 0 spiro atoms. The summed E-state index contributed by atoms with van der Waals surface area (Å²) in [6, 6.07) is 12.6. The fourth-order valence-electron chi connectivity index (χ4n) is 4.87. The number of amides is 2. The lowest BCUT2D eigenvalue weighted by Gasteiger charge is -2.37. The Balaban J connectivity index is 1.17. The Morgan fingerprint density at radius 2 is 1.47 bits per heavy atom. The van der Waals surface area contributed by atoms with Gasteiger partial charge in [0.2, 0.25) is 5.91 Å². The number of benzene rings is 2. The van der Waals surface area contributed by atoms with Gasteiger partial charge in [-0.15, -0.1) is 13.2 Å². The maximum atomic E-state index is 12.9. The van der Waals surface area contributed by atoms with Crippen LogP contribution in [0.5, 0.6) is 11.5 Å². The standard InChI is InChI=1S/C28H33F3N2O5/c1-2-36-25-5-3-4-21(19-25)27(35)33-16-12-23(13-17-33)37-22-10-14-32(15-11-22)26(34)18-20-6-8-24(9-7-20)38-28(29,30)31/h3-9,19,22-23H,2,10-18H2,1H3. The fraction of sp³-hybridized carbons (Fsp3) is 0.500. The van der Waals surface area contributed by atoms with Gasteiger partial charge in [0.15, 0.2) is 0 Å². The molecule has 2 aliphatic rings. The minimum atomic E-state index is -4.74. The largest absolute Gasteiger partial charge is 0.573 e. The summed E-state index contributed by atoms with van der Waals surface area (Å²) in [5.74, 6) is 0.319. The molecule has 2 amide bonds. The Morgan fingerprint density at radius 1 is 0.868 bits per heavy atom. The molecule has 0 bridgehead atoms. The second-order valence-electron chi connectivity index (χ2n) is 9.54. The lowest BCUT2D eigenvalue weighted by atomic mass is 10.0. The van der Waals surface area contributed by atoms with Gasteiger partial charge in [-0.1, -0.05) is 18.2 Å². The van der Waals surface area contributed by atoms with Crippen LogP contribution in [0.2, 0.25) is 0 Å². The van der Waals surface area contributed by atoms with Crippen molar-refractivity contribution < 1.29 is 37.0 Å². The number of nitrogens with zero attached hydrogens (tertiary/aromatic N) is 2. The molecule has 10 heteroatoms. The molecule has 0 aliphatic carbocycles. The zero-order valence-corrected chi connectivity index (χ0v) is 21.4. The number of carbonyl (C=O) groups excluding carboxylic acids is 2. The van der Waals surface area contributed by atoms with E-state index < -0.39 is 6.36 Å². The molecule has 38 heavy (non-hydrogen) atoms. The van der Waals surface area contributed by atoms with Crippen LogP contribution in [0.3, 0.4) is 0 Å². The Bertz CT molecular complexity index is 1080. The molecule has 2 heterocycles. The molecule has 4 rings (SSSR count). The van der Waals surface area contributed by atoms with E-state index in [9.17, 15) is 22.8 Å². The molecule has 0 N–H and O–H groups in total. The summed E-state index contributed by atoms with van der Waals surface area (Å²) in [5.41, 5.74) is 1.26. The van der Waals surface area contributed by atoms with Gasteiger partial charge in [-0.2, -0.15) is 0 Å². The minimum Gasteiger partial charge on any atom is -0.494 e. The highest BCUT2D eigenvalue weighted by Crippen LogP contribution is 2.25. The highest BCUT2D eigenvalue weighted by atomic mass is 19.4. The molecule has 2 fully saturated rings. The topological polar surface area (TPSA) is 68.3 Å². The van der Waals surface area contributed by atoms with E-state index in [1.54, 1.807) is 17.0 Å². The number of likely N-dealkylation sites (tertiary alicyclic amines) is 2. The van der Waals surface area contributed by atoms with Crippen molar-refractivity contribution in [3.63, 3.8) is 0 Å². The molecular formula is C28H33F3N2O5. The number of halogens is 3. The maximum Gasteiger partial charge on any atom is 0.573 e. The third kappa shape index (κ3) is 7.86. The molecule has 206 valence electrons. The first-order valence-electron chi connectivity index (χ1n) is 13.0. The van der Waals surface area contributed by atoms with Crippen molar-refractivity contribution in [2.75, 3.05) is 32.8 Å². The monoisotopic (exact) mass is 534 g/mol. The summed E-state index contributed by atoms with van der Waals surface area (Å²) in [6.07, 6.45) is -1.48. The Labute approximate surface area is 220 Å². The van der Waals surface area contributed by atoms with Gasteiger partial charge >= 0.3 is 6.36 Å². The zero-order chi connectivity index (χ0) is 27.1. The van der Waals surface area contributed by atoms with Gasteiger partial charge in [0.1, 0.15) is 11.5 Å². The van der Waals surface area contributed by atoms with Crippen molar-refractivity contribution >= 4 is 11.8 Å². The van der Waals surface area contributed by atoms with Gasteiger partial charge in [-0.05, 0) is 68.5 Å². The number of rotatable bonds is 8. The summed E-state index contributed by atoms with van der Waals surface area (Å²) in [7, 11) is 0. The summed E-state index contributed by atoms with van der Waals surface area (Å²) in [4.78, 5) is 29.2. The zero-order valence-electron chi connectivity index (χ0n) is 21.4. The molecule has 2 saturated heterocycles. The predicted octanol–water partition coefficient (Wildman–Crippen LogP) is 4.84. The molecule has 2 aliphatic heterocycles. The number of carbonyl (C=O) groups is 2. The van der Waals surface area contributed by atoms with Crippen LogP contribution in [-0.2, 0) is 16.0 Å². The summed E-state index contributed by atoms with van der Waals surface area (Å²) in [6.45, 7) is 4.87. The summed E-state index contributed by atoms with van der Waals surface area (Å²) in [5, 5.41) is 0. The number of hydrogen-bond donors (Lipinski definition) is 0. The quantitative estimate of drug-likeness (QED) is 0.485. The third-order valence-corrected chi connectivity index (χ3v) is 6.81. The minimum absolute atomic E-state index is 0.000610. The van der Waals surface area contributed by atoms with Gasteiger partial charge < -0.3 is 24.0 Å². The van der Waals surface area contributed by atoms with Gasteiger partial charge in [-0.3, -0.25) is 9.59 Å². The molecule has 2 aromatic carbocycles. The van der Waals surface area contributed by atoms with E-state index in [1.807, 2.05) is 24.0 Å². The molecule has 0 radical (unpaired) electrons. The smallest absolute Gasteiger partial charge is 0.494 e. The van der Waals surface area contributed by atoms with Crippen LogP contribution in [0, 0.1) is 0 Å². The van der Waals surface area contributed by atoms with Gasteiger partial charge in [0.05, 0.1) is 25.2 Å². The van der Waals surface area contributed by atoms with E-state index in [0.717, 1.165) is 25.7 Å². The predicted molar refractivity (Wildman–Crippen MR) is 134 cm³/mol. The second-order valence-corrected chi connectivity index (χ2v) is 9.54. The molecule has 0 aromatic heterocycles. The molecule has 7 nitrogen and oxygen atoms in total. The van der Waals surface area contributed by atoms with E-state index in [1.165, 1.54) is 24.3 Å². The lowest BCUT2D eigenvalue weighted by molar-refractivity contribution is -0.274. The first-order valence-corrected chi connectivity index (χ1v) is 13.0. The van der Waals surface area contributed by atoms with Crippen molar-refractivity contribution in [1.29, 1.82) is 0 Å². The van der Waals surface area contributed by atoms with E-state index in [0.29, 0.717) is 49.7 Å². The van der Waals surface area contributed by atoms with Crippen LogP contribution < -0.4 is 9.47 Å². The normalized spacial score (nSPS) is 17.4. The third-order valence-electron chi connectivity index (χ3n) is 6.81. The van der Waals surface area contributed by atoms with Gasteiger partial charge in [-0.25, -0.2) is 0 Å². The number of ether oxygens (including phenoxy) is 3. The van der Waals surface area contributed by atoms with E-state index >= 15 is 0 Å². The van der Waals surface area contributed by atoms with Crippen LogP contribution in [0.25, 0.3) is 0 Å². The average Bonchev–Trinajstić information content (AvgIpc) is 2.90. The van der Waals surface area contributed by atoms with Crippen LogP contribution in [0.1, 0.15) is 48.5 Å². The van der Waals surface area contributed by atoms with E-state index in [-0.39, 0.29) is 36.2 Å². The maximum absolute atomic E-state index is 12.9. The van der Waals surface area contributed by atoms with Gasteiger partial charge in [0, 0.05) is 31.7 Å². The van der Waals surface area contributed by atoms with Gasteiger partial charge in [0.25, 0.3) is 5.91 Å². The highest BCUT2D eigenvalue weighted by Gasteiger charge is 2.31. The SMILES string of the molecule is CCOc1cccc(C(=O)N2CCC(OC3CCN(C(=O)Cc4ccc(OC(F)(F)F)cc4)CC3)CC2)c1. The summed E-state index contributed by atoms with van der Waals surface area (Å²) < 4.78 is 52.6. The van der Waals surface area contributed by atoms with E-state index in [4.69, 9.17) is 9.47 Å². The van der Waals surface area contributed by atoms with Crippen molar-refractivity contribution in [2.24, 2.45) is 0 Å². The molecule has 2 aromatic rings. The van der Waals surface area contributed by atoms with Crippen molar-refractivity contribution in [3.05, 3.63) is 59.7 Å². The molecular weight excluding hydrogens is 501 g/mol. The number of hydrogen-bond acceptors (Lipinski definition) is 5. The van der Waals surface area contributed by atoms with Crippen LogP contribution in [0.15, 0.2) is 48.5 Å². The Hall–Kier alpha value is -3.27. The number of alkyl halides is 3. The molecule has 0 saturated carbocycles. The first-order chi connectivity index (χ1) is 18.2. The highest BCUT2D eigenvalue weighted by molar-refractivity contribution is 5.94. The van der Waals surface area contributed by atoms with Crippen molar-refractivity contribution in [1.82, 2.24) is 9.80 Å². The Kier molecular flexibility index (Phi) is 9.14.